The SMILES string of the molecule is PNC[C@@H]1C[C@H]2CC[C@@H](C1)N2. The molecule has 0 aromatic heterocycles. The van der Waals surface area contributed by atoms with E-state index >= 15 is 0 Å². The molecule has 2 rings (SSSR count). The first-order chi connectivity index (χ1) is 5.38. The van der Waals surface area contributed by atoms with E-state index in [1.807, 2.05) is 0 Å². The van der Waals surface area contributed by atoms with Gasteiger partial charge in [0.05, 0.1) is 0 Å². The van der Waals surface area contributed by atoms with E-state index in [-0.39, 0.29) is 0 Å². The van der Waals surface area contributed by atoms with Crippen molar-refractivity contribution in [2.75, 3.05) is 6.54 Å². The summed E-state index contributed by atoms with van der Waals surface area (Å²) in [5.41, 5.74) is 0. The van der Waals surface area contributed by atoms with Crippen LogP contribution < -0.4 is 10.4 Å². The summed E-state index contributed by atoms with van der Waals surface area (Å²) in [6.45, 7) is 1.18. The van der Waals surface area contributed by atoms with E-state index in [2.05, 4.69) is 19.8 Å². The van der Waals surface area contributed by atoms with Gasteiger partial charge < -0.3 is 10.4 Å². The molecule has 2 nitrogen and oxygen atoms in total. The van der Waals surface area contributed by atoms with Crippen LogP contribution in [-0.4, -0.2) is 18.6 Å². The number of hydrogen-bond acceptors (Lipinski definition) is 2. The van der Waals surface area contributed by atoms with Crippen molar-refractivity contribution in [3.8, 4) is 0 Å². The van der Waals surface area contributed by atoms with Crippen molar-refractivity contribution in [2.45, 2.75) is 37.8 Å². The van der Waals surface area contributed by atoms with Crippen molar-refractivity contribution in [1.29, 1.82) is 0 Å². The molecule has 2 aliphatic rings. The van der Waals surface area contributed by atoms with E-state index in [4.69, 9.17) is 0 Å². The molecule has 11 heavy (non-hydrogen) atoms. The van der Waals surface area contributed by atoms with Crippen LogP contribution in [-0.2, 0) is 0 Å². The first kappa shape index (κ1) is 7.97. The van der Waals surface area contributed by atoms with Crippen LogP contribution in [0, 0.1) is 5.92 Å². The Morgan fingerprint density at radius 2 is 1.91 bits per heavy atom. The first-order valence-electron chi connectivity index (χ1n) is 4.58. The molecule has 4 atom stereocenters. The number of fused-ring (bicyclic) bond motifs is 2. The molecule has 2 N–H and O–H groups in total. The van der Waals surface area contributed by atoms with Crippen LogP contribution in [0.15, 0.2) is 0 Å². The third-order valence-corrected chi connectivity index (χ3v) is 3.21. The quantitative estimate of drug-likeness (QED) is 0.605. The van der Waals surface area contributed by atoms with Gasteiger partial charge >= 0.3 is 0 Å². The Balaban J connectivity index is 1.87. The topological polar surface area (TPSA) is 24.1 Å². The highest BCUT2D eigenvalue weighted by atomic mass is 31.0. The molecule has 2 saturated heterocycles. The van der Waals surface area contributed by atoms with Crippen molar-refractivity contribution >= 4 is 9.39 Å². The molecule has 2 bridgehead atoms. The fraction of sp³-hybridized carbons (Fsp3) is 1.00. The number of rotatable bonds is 2. The largest absolute Gasteiger partial charge is 0.311 e. The fourth-order valence-corrected chi connectivity index (χ4v) is 2.84. The lowest BCUT2D eigenvalue weighted by atomic mass is 9.93. The zero-order chi connectivity index (χ0) is 7.68. The van der Waals surface area contributed by atoms with E-state index in [0.717, 1.165) is 18.0 Å². The Bertz CT molecular complexity index is 128. The highest BCUT2D eigenvalue weighted by Gasteiger charge is 2.32. The molecule has 0 aliphatic carbocycles. The van der Waals surface area contributed by atoms with E-state index in [1.165, 1.54) is 32.2 Å². The van der Waals surface area contributed by atoms with E-state index < -0.39 is 0 Å². The van der Waals surface area contributed by atoms with Gasteiger partial charge in [-0.2, -0.15) is 0 Å². The Morgan fingerprint density at radius 1 is 1.27 bits per heavy atom. The summed E-state index contributed by atoms with van der Waals surface area (Å²) in [6.07, 6.45) is 5.60. The minimum Gasteiger partial charge on any atom is -0.311 e. The minimum absolute atomic E-state index is 0.845. The maximum Gasteiger partial charge on any atom is 0.00733 e. The summed E-state index contributed by atoms with van der Waals surface area (Å²) < 4.78 is 0. The maximum atomic E-state index is 3.64. The predicted octanol–water partition coefficient (Wildman–Crippen LogP) is 0.897. The Kier molecular flexibility index (Phi) is 2.45. The fourth-order valence-electron chi connectivity index (χ4n) is 2.51. The molecule has 2 heterocycles. The second-order valence-corrected chi connectivity index (χ2v) is 4.29. The summed E-state index contributed by atoms with van der Waals surface area (Å²) in [4.78, 5) is 0. The lowest BCUT2D eigenvalue weighted by molar-refractivity contribution is 0.301. The molecule has 0 saturated carbocycles. The zero-order valence-electron chi connectivity index (χ0n) is 6.84. The molecule has 3 heteroatoms. The van der Waals surface area contributed by atoms with Crippen molar-refractivity contribution in [3.05, 3.63) is 0 Å². The van der Waals surface area contributed by atoms with Gasteiger partial charge in [-0.3, -0.25) is 0 Å². The van der Waals surface area contributed by atoms with Crippen LogP contribution >= 0.6 is 9.39 Å². The Labute approximate surface area is 70.8 Å². The first-order valence-corrected chi connectivity index (χ1v) is 5.15. The molecule has 0 aromatic rings. The summed E-state index contributed by atoms with van der Waals surface area (Å²) in [7, 11) is 2.60. The molecular formula is C8H17N2P. The molecule has 0 spiro atoms. The van der Waals surface area contributed by atoms with Crippen LogP contribution in [0.2, 0.25) is 0 Å². The van der Waals surface area contributed by atoms with Crippen LogP contribution in [0.3, 0.4) is 0 Å². The van der Waals surface area contributed by atoms with Crippen LogP contribution in [0.4, 0.5) is 0 Å². The van der Waals surface area contributed by atoms with Gasteiger partial charge in [0.25, 0.3) is 0 Å². The van der Waals surface area contributed by atoms with Crippen LogP contribution in [0.1, 0.15) is 25.7 Å². The molecule has 2 fully saturated rings. The van der Waals surface area contributed by atoms with E-state index in [9.17, 15) is 0 Å². The van der Waals surface area contributed by atoms with Gasteiger partial charge in [0.2, 0.25) is 0 Å². The van der Waals surface area contributed by atoms with Crippen LogP contribution in [0.5, 0.6) is 0 Å². The average Bonchev–Trinajstić information content (AvgIpc) is 2.32. The highest BCUT2D eigenvalue weighted by Crippen LogP contribution is 2.30. The molecule has 0 aromatic carbocycles. The molecule has 1 unspecified atom stereocenters. The van der Waals surface area contributed by atoms with Crippen molar-refractivity contribution in [2.24, 2.45) is 5.92 Å². The average molecular weight is 172 g/mol. The molecule has 0 radical (unpaired) electrons. The smallest absolute Gasteiger partial charge is 0.00733 e. The van der Waals surface area contributed by atoms with Gasteiger partial charge in [0, 0.05) is 18.6 Å². The summed E-state index contributed by atoms with van der Waals surface area (Å²) in [5.74, 6) is 0.922. The van der Waals surface area contributed by atoms with E-state index in [0.29, 0.717) is 0 Å². The summed E-state index contributed by atoms with van der Waals surface area (Å²) in [6, 6.07) is 1.69. The molecular weight excluding hydrogens is 155 g/mol. The predicted molar refractivity (Wildman–Crippen MR) is 50.4 cm³/mol. The lowest BCUT2D eigenvalue weighted by Crippen LogP contribution is -2.40. The molecule has 64 valence electrons. The zero-order valence-corrected chi connectivity index (χ0v) is 8.00. The van der Waals surface area contributed by atoms with Gasteiger partial charge in [-0.25, -0.2) is 0 Å². The van der Waals surface area contributed by atoms with Gasteiger partial charge in [-0.15, -0.1) is 0 Å². The summed E-state index contributed by atoms with van der Waals surface area (Å²) in [5, 5.41) is 6.84. The molecule has 0 amide bonds. The van der Waals surface area contributed by atoms with Crippen molar-refractivity contribution < 1.29 is 0 Å². The van der Waals surface area contributed by atoms with E-state index in [1.54, 1.807) is 0 Å². The third kappa shape index (κ3) is 1.74. The highest BCUT2D eigenvalue weighted by molar-refractivity contribution is 7.13. The standard InChI is InChI=1S/C8H17N2P/c11-9-5-6-3-7-1-2-8(4-6)10-7/h6-10H,1-5,11H2/t6-,7-,8+. The second kappa shape index (κ2) is 3.38. The lowest BCUT2D eigenvalue weighted by Gasteiger charge is -2.28. The number of hydrogen-bond donors (Lipinski definition) is 2. The van der Waals surface area contributed by atoms with Gasteiger partial charge in [-0.1, -0.05) is 9.39 Å². The second-order valence-electron chi connectivity index (χ2n) is 3.88. The van der Waals surface area contributed by atoms with Crippen molar-refractivity contribution in [1.82, 2.24) is 10.4 Å². The minimum atomic E-state index is 0.845. The van der Waals surface area contributed by atoms with Gasteiger partial charge in [-0.05, 0) is 31.6 Å². The van der Waals surface area contributed by atoms with Crippen LogP contribution in [0.25, 0.3) is 0 Å². The van der Waals surface area contributed by atoms with Gasteiger partial charge in [0.15, 0.2) is 0 Å². The monoisotopic (exact) mass is 172 g/mol. The summed E-state index contributed by atoms with van der Waals surface area (Å²) >= 11 is 0. The normalized spacial score (nSPS) is 42.8. The Morgan fingerprint density at radius 3 is 2.45 bits per heavy atom. The Hall–Kier alpha value is 0.350. The molecule has 2 aliphatic heterocycles. The van der Waals surface area contributed by atoms with Crippen molar-refractivity contribution in [3.63, 3.8) is 0 Å². The van der Waals surface area contributed by atoms with Gasteiger partial charge in [0.1, 0.15) is 0 Å². The maximum absolute atomic E-state index is 3.64. The number of piperidine rings is 1. The number of nitrogens with one attached hydrogen (secondary N) is 2. The third-order valence-electron chi connectivity index (χ3n) is 2.98.